The molecule has 200 valence electrons. The van der Waals surface area contributed by atoms with Crippen LogP contribution in [0.15, 0.2) is 85.0 Å². The minimum Gasteiger partial charge on any atom is -0.463 e. The van der Waals surface area contributed by atoms with E-state index < -0.39 is 12.0 Å². The van der Waals surface area contributed by atoms with Gasteiger partial charge in [0.05, 0.1) is 34.1 Å². The molecule has 2 aromatic carbocycles. The summed E-state index contributed by atoms with van der Waals surface area (Å²) in [5.41, 5.74) is 5.88. The lowest BCUT2D eigenvalue weighted by Gasteiger charge is -2.24. The summed E-state index contributed by atoms with van der Waals surface area (Å²) in [6.45, 7) is 5.69. The Balaban J connectivity index is 1.62. The number of allylic oxidation sites excluding steroid dienone is 1. The Bertz CT molecular complexity index is 1760. The van der Waals surface area contributed by atoms with Gasteiger partial charge in [0.15, 0.2) is 4.80 Å². The van der Waals surface area contributed by atoms with Crippen molar-refractivity contribution in [3.8, 4) is 11.3 Å². The van der Waals surface area contributed by atoms with Crippen molar-refractivity contribution in [1.29, 1.82) is 0 Å². The summed E-state index contributed by atoms with van der Waals surface area (Å²) in [6.07, 6.45) is 3.68. The summed E-state index contributed by atoms with van der Waals surface area (Å²) >= 11 is 2.86. The first-order valence-electron chi connectivity index (χ1n) is 12.3. The minimum absolute atomic E-state index is 0.218. The second-order valence-electron chi connectivity index (χ2n) is 8.92. The lowest BCUT2D eigenvalue weighted by molar-refractivity contribution is -0.139. The van der Waals surface area contributed by atoms with Crippen molar-refractivity contribution in [2.75, 3.05) is 18.3 Å². The number of hydrogen-bond acceptors (Lipinski definition) is 9. The van der Waals surface area contributed by atoms with Gasteiger partial charge < -0.3 is 9.15 Å². The fourth-order valence-electron chi connectivity index (χ4n) is 4.55. The molecule has 0 aliphatic carbocycles. The van der Waals surface area contributed by atoms with E-state index in [1.54, 1.807) is 54.5 Å². The van der Waals surface area contributed by atoms with Crippen LogP contribution in [0.1, 0.15) is 36.8 Å². The Morgan fingerprint density at radius 3 is 2.67 bits per heavy atom. The molecule has 0 radical (unpaired) electrons. The molecule has 1 atom stereocenters. The number of anilines is 1. The van der Waals surface area contributed by atoms with Crippen LogP contribution in [-0.2, 0) is 9.53 Å². The second-order valence-corrected chi connectivity index (χ2v) is 10.8. The lowest BCUT2D eigenvalue weighted by Crippen LogP contribution is -2.39. The summed E-state index contributed by atoms with van der Waals surface area (Å²) in [5.74, 6) is 0.618. The topological polar surface area (TPSA) is 106 Å². The number of fused-ring (bicyclic) bond motifs is 1. The van der Waals surface area contributed by atoms with E-state index in [1.165, 1.54) is 11.3 Å². The van der Waals surface area contributed by atoms with Crippen LogP contribution in [0.3, 0.4) is 0 Å². The van der Waals surface area contributed by atoms with Gasteiger partial charge in [0, 0.05) is 16.5 Å². The molecule has 4 aromatic rings. The van der Waals surface area contributed by atoms with Crippen molar-refractivity contribution >= 4 is 40.8 Å². The summed E-state index contributed by atoms with van der Waals surface area (Å²) in [5, 5.41) is 9.28. The van der Waals surface area contributed by atoms with Crippen molar-refractivity contribution in [3.05, 3.63) is 102 Å². The van der Waals surface area contributed by atoms with Gasteiger partial charge in [-0.1, -0.05) is 29.5 Å². The molecular weight excluding hydrogens is 534 g/mol. The Labute approximate surface area is 232 Å². The number of furan rings is 1. The van der Waals surface area contributed by atoms with E-state index in [1.807, 2.05) is 49.6 Å². The average Bonchev–Trinajstić information content (AvgIpc) is 3.52. The number of nitrogens with one attached hydrogen (secondary N) is 1. The van der Waals surface area contributed by atoms with E-state index in [0.717, 1.165) is 21.6 Å². The standard InChI is InChI=1S/C29H27N3O5S2/c1-5-36-28(34)25-17(3)30-29-32(26(25)18-7-11-21(38-4)12-8-18)27(33)24(39-29)15-20-10-13-23(37-20)22-14-19(31-35)9-6-16(22)2/h6-15,26,31,35H,5H2,1-4H3. The fraction of sp³-hybridized carbons (Fsp3) is 0.207. The van der Waals surface area contributed by atoms with E-state index in [9.17, 15) is 14.8 Å². The molecule has 2 N–H and O–H groups in total. The highest BCUT2D eigenvalue weighted by Gasteiger charge is 2.33. The Morgan fingerprint density at radius 2 is 1.97 bits per heavy atom. The number of nitrogens with zero attached hydrogens (tertiary/aromatic N) is 2. The minimum atomic E-state index is -0.665. The molecule has 2 aromatic heterocycles. The summed E-state index contributed by atoms with van der Waals surface area (Å²) in [6, 6.07) is 16.2. The van der Waals surface area contributed by atoms with Gasteiger partial charge in [0.1, 0.15) is 11.5 Å². The number of thioether (sulfide) groups is 1. The molecule has 10 heteroatoms. The van der Waals surface area contributed by atoms with Crippen LogP contribution >= 0.6 is 23.1 Å². The van der Waals surface area contributed by atoms with Crippen molar-refractivity contribution in [2.24, 2.45) is 4.99 Å². The highest BCUT2D eigenvalue weighted by atomic mass is 32.2. The molecule has 8 nitrogen and oxygen atoms in total. The van der Waals surface area contributed by atoms with Crippen molar-refractivity contribution in [1.82, 2.24) is 4.57 Å². The molecule has 0 fully saturated rings. The van der Waals surface area contributed by atoms with Crippen molar-refractivity contribution in [3.63, 3.8) is 0 Å². The third kappa shape index (κ3) is 5.10. The predicted molar refractivity (Wildman–Crippen MR) is 153 cm³/mol. The molecule has 1 aliphatic heterocycles. The van der Waals surface area contributed by atoms with Gasteiger partial charge in [-0.25, -0.2) is 9.79 Å². The number of esters is 1. The fourth-order valence-corrected chi connectivity index (χ4v) is 5.99. The van der Waals surface area contributed by atoms with Gasteiger partial charge in [-0.15, -0.1) is 11.8 Å². The number of carbonyl (C=O) groups excluding carboxylic acids is 1. The highest BCUT2D eigenvalue weighted by Crippen LogP contribution is 2.32. The molecule has 0 amide bonds. The molecule has 0 saturated heterocycles. The van der Waals surface area contributed by atoms with E-state index in [2.05, 4.69) is 10.5 Å². The van der Waals surface area contributed by atoms with Gasteiger partial charge in [-0.2, -0.15) is 0 Å². The Hall–Kier alpha value is -3.86. The molecule has 0 saturated carbocycles. The first kappa shape index (κ1) is 26.7. The lowest BCUT2D eigenvalue weighted by atomic mass is 9.96. The zero-order valence-corrected chi connectivity index (χ0v) is 23.5. The summed E-state index contributed by atoms with van der Waals surface area (Å²) < 4.78 is 13.4. The normalized spacial score (nSPS) is 15.2. The van der Waals surface area contributed by atoms with E-state index in [4.69, 9.17) is 9.15 Å². The van der Waals surface area contributed by atoms with Gasteiger partial charge in [-0.3, -0.25) is 20.0 Å². The van der Waals surface area contributed by atoms with E-state index >= 15 is 0 Å². The quantitative estimate of drug-likeness (QED) is 0.188. The average molecular weight is 562 g/mol. The first-order chi connectivity index (χ1) is 18.8. The maximum atomic E-state index is 13.8. The largest absolute Gasteiger partial charge is 0.463 e. The zero-order valence-electron chi connectivity index (χ0n) is 21.8. The number of hydrogen-bond donors (Lipinski definition) is 2. The van der Waals surface area contributed by atoms with Crippen LogP contribution in [-0.4, -0.2) is 28.6 Å². The molecular formula is C29H27N3O5S2. The number of rotatable bonds is 7. The van der Waals surface area contributed by atoms with Crippen LogP contribution < -0.4 is 20.4 Å². The second kappa shape index (κ2) is 11.1. The summed E-state index contributed by atoms with van der Waals surface area (Å²) in [4.78, 5) is 33.0. The van der Waals surface area contributed by atoms with Gasteiger partial charge >= 0.3 is 5.97 Å². The first-order valence-corrected chi connectivity index (χ1v) is 14.3. The number of aryl methyl sites for hydroxylation is 1. The van der Waals surface area contributed by atoms with Crippen LogP contribution in [0, 0.1) is 6.92 Å². The van der Waals surface area contributed by atoms with Gasteiger partial charge in [-0.05, 0) is 74.6 Å². The number of aromatic nitrogens is 1. The van der Waals surface area contributed by atoms with Crippen LogP contribution in [0.5, 0.6) is 0 Å². The third-order valence-electron chi connectivity index (χ3n) is 6.48. The highest BCUT2D eigenvalue weighted by molar-refractivity contribution is 7.98. The van der Waals surface area contributed by atoms with Gasteiger partial charge in [0.25, 0.3) is 5.56 Å². The molecule has 3 heterocycles. The molecule has 1 aliphatic rings. The van der Waals surface area contributed by atoms with Gasteiger partial charge in [0.2, 0.25) is 0 Å². The zero-order chi connectivity index (χ0) is 27.7. The predicted octanol–water partition coefficient (Wildman–Crippen LogP) is 4.89. The molecule has 0 bridgehead atoms. The van der Waals surface area contributed by atoms with Crippen LogP contribution in [0.25, 0.3) is 17.4 Å². The summed E-state index contributed by atoms with van der Waals surface area (Å²) in [7, 11) is 0. The van der Waals surface area contributed by atoms with Crippen molar-refractivity contribution in [2.45, 2.75) is 31.7 Å². The van der Waals surface area contributed by atoms with E-state index in [0.29, 0.717) is 37.8 Å². The monoisotopic (exact) mass is 561 g/mol. The molecule has 5 rings (SSSR count). The maximum absolute atomic E-state index is 13.8. The smallest absolute Gasteiger partial charge is 0.338 e. The Morgan fingerprint density at radius 1 is 1.21 bits per heavy atom. The number of carbonyl (C=O) groups is 1. The number of thiazole rings is 1. The molecule has 0 spiro atoms. The van der Waals surface area contributed by atoms with Crippen LogP contribution in [0.2, 0.25) is 0 Å². The maximum Gasteiger partial charge on any atom is 0.338 e. The molecule has 1 unspecified atom stereocenters. The Kier molecular flexibility index (Phi) is 7.60. The molecule has 39 heavy (non-hydrogen) atoms. The van der Waals surface area contributed by atoms with Crippen LogP contribution in [0.4, 0.5) is 5.69 Å². The van der Waals surface area contributed by atoms with E-state index in [-0.39, 0.29) is 12.2 Å². The number of ether oxygens (including phenoxy) is 1. The number of benzene rings is 2. The van der Waals surface area contributed by atoms with Crippen molar-refractivity contribution < 1.29 is 19.2 Å². The third-order valence-corrected chi connectivity index (χ3v) is 8.21. The SMILES string of the molecule is CCOC(=O)C1=C(C)N=c2sc(=Cc3ccc(-c4cc(NO)ccc4C)o3)c(=O)n2C1c1ccc(SC)cc1.